The summed E-state index contributed by atoms with van der Waals surface area (Å²) in [6, 6.07) is 1.89. The van der Waals surface area contributed by atoms with E-state index >= 15 is 0 Å². The molecule has 0 aliphatic rings. The first-order valence-electron chi connectivity index (χ1n) is 10.7. The van der Waals surface area contributed by atoms with Gasteiger partial charge < -0.3 is 10.2 Å². The Morgan fingerprint density at radius 2 is 1.75 bits per heavy atom. The molecule has 0 spiro atoms. The summed E-state index contributed by atoms with van der Waals surface area (Å²) in [5.74, 6) is 0.525. The number of aryl methyl sites for hydroxylation is 1. The zero-order valence-electron chi connectivity index (χ0n) is 19.0. The van der Waals surface area contributed by atoms with E-state index in [9.17, 15) is 9.59 Å². The van der Waals surface area contributed by atoms with Crippen LogP contribution in [0.1, 0.15) is 92.2 Å². The van der Waals surface area contributed by atoms with Crippen LogP contribution >= 0.6 is 0 Å². The van der Waals surface area contributed by atoms with Gasteiger partial charge in [-0.05, 0) is 20.3 Å². The maximum Gasteiger partial charge on any atom is 0.245 e. The predicted molar refractivity (Wildman–Crippen MR) is 115 cm³/mol. The largest absolute Gasteiger partial charge is 0.331 e. The van der Waals surface area contributed by atoms with Crippen molar-refractivity contribution in [3.63, 3.8) is 0 Å². The lowest BCUT2D eigenvalue weighted by Crippen LogP contribution is -2.42. The van der Waals surface area contributed by atoms with Gasteiger partial charge in [0, 0.05) is 31.0 Å². The van der Waals surface area contributed by atoms with Crippen LogP contribution in [0.15, 0.2) is 6.07 Å². The Kier molecular flexibility index (Phi) is 9.70. The fourth-order valence-electron chi connectivity index (χ4n) is 3.05. The summed E-state index contributed by atoms with van der Waals surface area (Å²) >= 11 is 0. The first-order valence-corrected chi connectivity index (χ1v) is 10.7. The van der Waals surface area contributed by atoms with Crippen LogP contribution in [0.4, 0.5) is 5.82 Å². The van der Waals surface area contributed by atoms with Crippen LogP contribution in [0, 0.1) is 0 Å². The molecule has 0 saturated heterocycles. The van der Waals surface area contributed by atoms with E-state index in [0.29, 0.717) is 12.2 Å². The molecule has 0 atom stereocenters. The molecule has 0 saturated carbocycles. The summed E-state index contributed by atoms with van der Waals surface area (Å²) in [4.78, 5) is 26.8. The minimum atomic E-state index is -0.187. The van der Waals surface area contributed by atoms with Gasteiger partial charge in [0.25, 0.3) is 0 Å². The lowest BCUT2D eigenvalue weighted by molar-refractivity contribution is -0.136. The Labute approximate surface area is 171 Å². The average Bonchev–Trinajstić information content (AvgIpc) is 2.96. The zero-order chi connectivity index (χ0) is 21.3. The highest BCUT2D eigenvalue weighted by Gasteiger charge is 2.22. The molecule has 6 nitrogen and oxygen atoms in total. The number of rotatable bonds is 11. The second-order valence-corrected chi connectivity index (χ2v) is 8.97. The van der Waals surface area contributed by atoms with E-state index in [1.807, 2.05) is 27.0 Å². The number of hydrogen-bond donors (Lipinski definition) is 1. The van der Waals surface area contributed by atoms with E-state index < -0.39 is 0 Å². The molecule has 0 bridgehead atoms. The van der Waals surface area contributed by atoms with E-state index in [1.165, 1.54) is 25.7 Å². The SMILES string of the molecule is CCCCCCCCC(=O)N(CC(=O)Nc1cc(C(C)(C)C)nn1C)C(C)C. The van der Waals surface area contributed by atoms with Crippen LogP contribution in [0.2, 0.25) is 0 Å². The number of carbonyl (C=O) groups excluding carboxylic acids is 2. The first-order chi connectivity index (χ1) is 13.1. The van der Waals surface area contributed by atoms with E-state index in [2.05, 4.69) is 38.1 Å². The maximum atomic E-state index is 12.6. The third-order valence-corrected chi connectivity index (χ3v) is 4.92. The summed E-state index contributed by atoms with van der Waals surface area (Å²) in [5.41, 5.74) is 0.836. The predicted octanol–water partition coefficient (Wildman–Crippen LogP) is 4.64. The number of nitrogens with zero attached hydrogens (tertiary/aromatic N) is 3. The van der Waals surface area contributed by atoms with E-state index in [-0.39, 0.29) is 29.8 Å². The van der Waals surface area contributed by atoms with Crippen molar-refractivity contribution in [1.82, 2.24) is 14.7 Å². The Morgan fingerprint density at radius 3 is 2.29 bits per heavy atom. The standard InChI is InChI=1S/C22H40N4O2/c1-8-9-10-11-12-13-14-21(28)26(17(2)3)16-20(27)23-19-15-18(22(4,5)6)24-25(19)7/h15,17H,8-14,16H2,1-7H3,(H,23,27). The second-order valence-electron chi connectivity index (χ2n) is 8.97. The van der Waals surface area contributed by atoms with E-state index in [1.54, 1.807) is 9.58 Å². The molecule has 160 valence electrons. The summed E-state index contributed by atoms with van der Waals surface area (Å²) < 4.78 is 1.68. The monoisotopic (exact) mass is 392 g/mol. The molecule has 1 heterocycles. The Balaban J connectivity index is 2.58. The van der Waals surface area contributed by atoms with Gasteiger partial charge in [-0.3, -0.25) is 14.3 Å². The number of carbonyl (C=O) groups is 2. The molecule has 0 radical (unpaired) electrons. The van der Waals surface area contributed by atoms with Gasteiger partial charge in [-0.15, -0.1) is 0 Å². The Bertz CT molecular complexity index is 629. The second kappa shape index (κ2) is 11.2. The van der Waals surface area contributed by atoms with Crippen molar-refractivity contribution in [2.45, 2.75) is 97.9 Å². The third kappa shape index (κ3) is 8.03. The van der Waals surface area contributed by atoms with Crippen LogP contribution in [-0.2, 0) is 22.1 Å². The van der Waals surface area contributed by atoms with Crippen LogP contribution in [0.3, 0.4) is 0 Å². The van der Waals surface area contributed by atoms with Crippen molar-refractivity contribution >= 4 is 17.6 Å². The van der Waals surface area contributed by atoms with Crippen LogP contribution in [0.25, 0.3) is 0 Å². The van der Waals surface area contributed by atoms with E-state index in [0.717, 1.165) is 18.5 Å². The molecule has 0 unspecified atom stereocenters. The molecule has 1 rings (SSSR count). The molecular weight excluding hydrogens is 352 g/mol. The molecule has 0 aliphatic carbocycles. The van der Waals surface area contributed by atoms with Gasteiger partial charge in [0.1, 0.15) is 12.4 Å². The number of nitrogens with one attached hydrogen (secondary N) is 1. The van der Waals surface area contributed by atoms with Gasteiger partial charge in [-0.25, -0.2) is 0 Å². The Hall–Kier alpha value is -1.85. The quantitative estimate of drug-likeness (QED) is 0.558. The maximum absolute atomic E-state index is 12.6. The first kappa shape index (κ1) is 24.2. The van der Waals surface area contributed by atoms with Gasteiger partial charge in [0.05, 0.1) is 5.69 Å². The number of anilines is 1. The average molecular weight is 393 g/mol. The molecule has 28 heavy (non-hydrogen) atoms. The molecule has 2 amide bonds. The minimum Gasteiger partial charge on any atom is -0.331 e. The van der Waals surface area contributed by atoms with Crippen molar-refractivity contribution < 1.29 is 9.59 Å². The highest BCUT2D eigenvalue weighted by atomic mass is 16.2. The third-order valence-electron chi connectivity index (χ3n) is 4.92. The molecule has 1 aromatic heterocycles. The summed E-state index contributed by atoms with van der Waals surface area (Å²) in [6.45, 7) is 12.4. The molecule has 0 aromatic carbocycles. The molecule has 0 aliphatic heterocycles. The summed E-state index contributed by atoms with van der Waals surface area (Å²) in [7, 11) is 1.81. The van der Waals surface area contributed by atoms with Crippen molar-refractivity contribution in [2.75, 3.05) is 11.9 Å². The number of unbranched alkanes of at least 4 members (excludes halogenated alkanes) is 5. The van der Waals surface area contributed by atoms with Gasteiger partial charge in [-0.2, -0.15) is 5.10 Å². The molecule has 1 N–H and O–H groups in total. The highest BCUT2D eigenvalue weighted by molar-refractivity contribution is 5.94. The fourth-order valence-corrected chi connectivity index (χ4v) is 3.05. The molecule has 1 aromatic rings. The highest BCUT2D eigenvalue weighted by Crippen LogP contribution is 2.23. The van der Waals surface area contributed by atoms with Gasteiger partial charge in [0.2, 0.25) is 11.8 Å². The number of hydrogen-bond acceptors (Lipinski definition) is 3. The topological polar surface area (TPSA) is 67.2 Å². The van der Waals surface area contributed by atoms with Crippen molar-refractivity contribution in [2.24, 2.45) is 7.05 Å². The number of amides is 2. The molecular formula is C22H40N4O2. The normalized spacial score (nSPS) is 11.7. The van der Waals surface area contributed by atoms with E-state index in [4.69, 9.17) is 0 Å². The lowest BCUT2D eigenvalue weighted by atomic mass is 9.92. The fraction of sp³-hybridized carbons (Fsp3) is 0.773. The van der Waals surface area contributed by atoms with Gasteiger partial charge >= 0.3 is 0 Å². The molecule has 0 fully saturated rings. The van der Waals surface area contributed by atoms with Crippen LogP contribution < -0.4 is 5.32 Å². The van der Waals surface area contributed by atoms with Crippen molar-refractivity contribution in [1.29, 1.82) is 0 Å². The molecule has 6 heteroatoms. The van der Waals surface area contributed by atoms with Gasteiger partial charge in [0.15, 0.2) is 0 Å². The Morgan fingerprint density at radius 1 is 1.14 bits per heavy atom. The number of aromatic nitrogens is 2. The zero-order valence-corrected chi connectivity index (χ0v) is 19.0. The van der Waals surface area contributed by atoms with Crippen molar-refractivity contribution in [3.8, 4) is 0 Å². The summed E-state index contributed by atoms with van der Waals surface area (Å²) in [5, 5.41) is 7.38. The summed E-state index contributed by atoms with van der Waals surface area (Å²) in [6.07, 6.45) is 7.39. The van der Waals surface area contributed by atoms with Gasteiger partial charge in [-0.1, -0.05) is 59.8 Å². The van der Waals surface area contributed by atoms with Crippen LogP contribution in [-0.4, -0.2) is 39.1 Å². The van der Waals surface area contributed by atoms with Crippen molar-refractivity contribution in [3.05, 3.63) is 11.8 Å². The minimum absolute atomic E-state index is 0.00462. The smallest absolute Gasteiger partial charge is 0.245 e. The lowest BCUT2D eigenvalue weighted by Gasteiger charge is -2.26. The van der Waals surface area contributed by atoms with Crippen LogP contribution in [0.5, 0.6) is 0 Å².